The summed E-state index contributed by atoms with van der Waals surface area (Å²) in [6, 6.07) is 16.8. The minimum Gasteiger partial charge on any atom is -0.458 e. The molecule has 0 aliphatic rings. The molecule has 5 rings (SSSR count). The fourth-order valence-electron chi connectivity index (χ4n) is 4.27. The Kier molecular flexibility index (Phi) is 13.1. The number of thiophene rings is 4. The Hall–Kier alpha value is -4.57. The summed E-state index contributed by atoms with van der Waals surface area (Å²) in [5.74, 6) is -1.49. The number of hydrogen-bond acceptors (Lipinski definition) is 13. The highest BCUT2D eigenvalue weighted by Gasteiger charge is 2.20. The van der Waals surface area contributed by atoms with E-state index >= 15 is 0 Å². The van der Waals surface area contributed by atoms with Crippen molar-refractivity contribution in [3.63, 3.8) is 0 Å². The van der Waals surface area contributed by atoms with E-state index in [9.17, 15) is 19.2 Å². The second-order valence-corrected chi connectivity index (χ2v) is 14.1. The topological polar surface area (TPSA) is 125 Å². The molecule has 48 heavy (non-hydrogen) atoms. The fraction of sp³-hybridized carbons (Fsp3) is 0.242. The minimum atomic E-state index is -0.743. The van der Waals surface area contributed by atoms with Crippen molar-refractivity contribution in [2.45, 2.75) is 26.2 Å². The zero-order valence-electron chi connectivity index (χ0n) is 25.6. The molecule has 5 heterocycles. The number of aromatic nitrogens is 1. The van der Waals surface area contributed by atoms with Gasteiger partial charge in [-0.05, 0) is 51.9 Å². The van der Waals surface area contributed by atoms with Crippen LogP contribution >= 0.6 is 45.3 Å². The van der Waals surface area contributed by atoms with Crippen LogP contribution in [0.1, 0.15) is 40.2 Å². The van der Waals surface area contributed by atoms with E-state index in [0.29, 0.717) is 26.2 Å². The lowest BCUT2D eigenvalue weighted by Crippen LogP contribution is -2.31. The van der Waals surface area contributed by atoms with E-state index in [0.717, 1.165) is 19.5 Å². The van der Waals surface area contributed by atoms with Crippen LogP contribution in [0, 0.1) is 0 Å². The molecule has 0 saturated carbocycles. The molecule has 0 saturated heterocycles. The molecular formula is C33H31N3O8S4. The Morgan fingerprint density at radius 2 is 0.854 bits per heavy atom. The second kappa shape index (κ2) is 18.1. The first-order valence-corrected chi connectivity index (χ1v) is 18.2. The van der Waals surface area contributed by atoms with Gasteiger partial charge >= 0.3 is 24.1 Å². The van der Waals surface area contributed by atoms with Gasteiger partial charge in [0.2, 0.25) is 0 Å². The Labute approximate surface area is 292 Å². The Bertz CT molecular complexity index is 1530. The van der Waals surface area contributed by atoms with Crippen molar-refractivity contribution in [3.8, 4) is 0 Å². The van der Waals surface area contributed by atoms with Gasteiger partial charge in [0.25, 0.3) is 0 Å². The van der Waals surface area contributed by atoms with Gasteiger partial charge in [0, 0.05) is 31.9 Å². The van der Waals surface area contributed by atoms with Crippen LogP contribution < -0.4 is 0 Å². The van der Waals surface area contributed by atoms with Crippen molar-refractivity contribution in [3.05, 3.63) is 119 Å². The molecule has 5 aromatic rings. The summed E-state index contributed by atoms with van der Waals surface area (Å²) in [4.78, 5) is 62.1. The third-order valence-corrected chi connectivity index (χ3v) is 9.96. The lowest BCUT2D eigenvalue weighted by Gasteiger charge is -2.21. The zero-order valence-corrected chi connectivity index (χ0v) is 28.8. The maximum absolute atomic E-state index is 12.8. The fourth-order valence-corrected chi connectivity index (χ4v) is 7.15. The van der Waals surface area contributed by atoms with E-state index in [1.807, 2.05) is 70.1 Å². The Morgan fingerprint density at radius 1 is 0.521 bits per heavy atom. The van der Waals surface area contributed by atoms with E-state index in [1.54, 1.807) is 55.1 Å². The highest BCUT2D eigenvalue weighted by molar-refractivity contribution is 7.10. The van der Waals surface area contributed by atoms with Crippen LogP contribution in [0.25, 0.3) is 0 Å². The number of pyridine rings is 1. The number of amides is 2. The molecule has 0 aliphatic heterocycles. The molecule has 0 fully saturated rings. The second-order valence-electron chi connectivity index (χ2n) is 9.99. The molecule has 0 bridgehead atoms. The normalized spacial score (nSPS) is 10.7. The molecule has 0 aromatic carbocycles. The molecule has 0 spiro atoms. The van der Waals surface area contributed by atoms with Gasteiger partial charge in [0.1, 0.15) is 26.4 Å². The Morgan fingerprint density at radius 3 is 1.17 bits per heavy atom. The number of nitrogens with zero attached hydrogens (tertiary/aromatic N) is 3. The van der Waals surface area contributed by atoms with Gasteiger partial charge in [-0.15, -0.1) is 45.3 Å². The quantitative estimate of drug-likeness (QED) is 0.0585. The monoisotopic (exact) mass is 725 g/mol. The summed E-state index contributed by atoms with van der Waals surface area (Å²) in [6.07, 6.45) is 1.46. The summed E-state index contributed by atoms with van der Waals surface area (Å²) in [6.45, 7) is 0.913. The van der Waals surface area contributed by atoms with Gasteiger partial charge in [0.05, 0.1) is 37.3 Å². The number of carbonyl (C=O) groups is 4. The van der Waals surface area contributed by atoms with Crippen molar-refractivity contribution in [1.29, 1.82) is 0 Å². The van der Waals surface area contributed by atoms with Crippen LogP contribution in [0.15, 0.2) is 88.5 Å². The first kappa shape index (κ1) is 34.8. The molecule has 0 aliphatic carbocycles. The van der Waals surface area contributed by atoms with Crippen LogP contribution in [0.3, 0.4) is 0 Å². The molecule has 11 nitrogen and oxygen atoms in total. The molecule has 250 valence electrons. The lowest BCUT2D eigenvalue weighted by molar-refractivity contribution is 0.0342. The van der Waals surface area contributed by atoms with Gasteiger partial charge in [-0.3, -0.25) is 14.8 Å². The van der Waals surface area contributed by atoms with Gasteiger partial charge in [-0.1, -0.05) is 24.3 Å². The van der Waals surface area contributed by atoms with Crippen molar-refractivity contribution in [1.82, 2.24) is 14.8 Å². The van der Waals surface area contributed by atoms with Crippen LogP contribution in [0.4, 0.5) is 9.59 Å². The number of esters is 2. The van der Waals surface area contributed by atoms with E-state index in [-0.39, 0.29) is 37.6 Å². The number of ether oxygens (including phenoxy) is 4. The van der Waals surface area contributed by atoms with Gasteiger partial charge in [-0.25, -0.2) is 19.2 Å². The van der Waals surface area contributed by atoms with E-state index < -0.39 is 24.1 Å². The van der Waals surface area contributed by atoms with E-state index in [2.05, 4.69) is 4.98 Å². The Balaban J connectivity index is 1.04. The predicted molar refractivity (Wildman–Crippen MR) is 183 cm³/mol. The third-order valence-electron chi connectivity index (χ3n) is 6.52. The summed E-state index contributed by atoms with van der Waals surface area (Å²) in [7, 11) is 0. The summed E-state index contributed by atoms with van der Waals surface area (Å²) < 4.78 is 21.2. The largest absolute Gasteiger partial charge is 0.458 e. The number of rotatable bonds is 16. The third kappa shape index (κ3) is 10.7. The van der Waals surface area contributed by atoms with Crippen LogP contribution in [0.5, 0.6) is 0 Å². The molecule has 15 heteroatoms. The first-order chi connectivity index (χ1) is 23.4. The summed E-state index contributed by atoms with van der Waals surface area (Å²) in [5, 5.41) is 7.78. The maximum atomic E-state index is 12.8. The highest BCUT2D eigenvalue weighted by Crippen LogP contribution is 2.19. The molecule has 0 atom stereocenters. The zero-order chi connectivity index (χ0) is 33.6. The molecule has 5 aromatic heterocycles. The van der Waals surface area contributed by atoms with Crippen LogP contribution in [-0.4, -0.2) is 65.3 Å². The summed E-state index contributed by atoms with van der Waals surface area (Å²) >= 11 is 6.19. The number of hydrogen-bond donors (Lipinski definition) is 0. The molecule has 2 amide bonds. The molecule has 0 radical (unpaired) electrons. The van der Waals surface area contributed by atoms with Crippen LogP contribution in [-0.2, 0) is 45.1 Å². The van der Waals surface area contributed by atoms with Crippen molar-refractivity contribution < 1.29 is 38.1 Å². The highest BCUT2D eigenvalue weighted by atomic mass is 32.1. The minimum absolute atomic E-state index is 0.0250. The van der Waals surface area contributed by atoms with Crippen molar-refractivity contribution in [2.24, 2.45) is 0 Å². The van der Waals surface area contributed by atoms with Crippen LogP contribution in [0.2, 0.25) is 0 Å². The smallest absolute Gasteiger partial charge is 0.410 e. The average molecular weight is 726 g/mol. The molecular weight excluding hydrogens is 695 g/mol. The van der Waals surface area contributed by atoms with Crippen molar-refractivity contribution in [2.75, 3.05) is 26.4 Å². The van der Waals surface area contributed by atoms with E-state index in [1.165, 1.54) is 18.5 Å². The lowest BCUT2D eigenvalue weighted by atomic mass is 10.2. The van der Waals surface area contributed by atoms with Crippen molar-refractivity contribution >= 4 is 69.5 Å². The van der Waals surface area contributed by atoms with Gasteiger partial charge in [0.15, 0.2) is 0 Å². The standard InChI is InChI=1S/C33H31N3O8S4/c37-30(41-9-11-43-32(39)35(20-26-5-1-13-45-26)21-27-6-2-14-46-27)24-17-25(19-34-18-24)31(38)42-10-12-44-33(40)36(22-28-7-3-15-47-28)23-29-8-4-16-48-29/h1-8,13-19H,9-12,20-23H2. The maximum Gasteiger partial charge on any atom is 0.410 e. The van der Waals surface area contributed by atoms with Gasteiger partial charge in [-0.2, -0.15) is 0 Å². The predicted octanol–water partition coefficient (Wildman–Crippen LogP) is 7.32. The summed E-state index contributed by atoms with van der Waals surface area (Å²) in [5.41, 5.74) is 0.0500. The average Bonchev–Trinajstić information content (AvgIpc) is 3.94. The SMILES string of the molecule is O=C(OCCOC(=O)N(Cc1cccs1)Cc1cccs1)c1cncc(C(=O)OCCOC(=O)N(Cc2cccs2)Cc2cccs2)c1. The first-order valence-electron chi connectivity index (χ1n) is 14.7. The van der Waals surface area contributed by atoms with Gasteiger partial charge < -0.3 is 18.9 Å². The number of carbonyl (C=O) groups excluding carboxylic acids is 4. The van der Waals surface area contributed by atoms with E-state index in [4.69, 9.17) is 18.9 Å². The molecule has 0 N–H and O–H groups in total. The molecule has 0 unspecified atom stereocenters.